The molecule has 0 radical (unpaired) electrons. The Kier molecular flexibility index (Phi) is 4.85. The minimum Gasteiger partial charge on any atom is -0.468 e. The fraction of sp³-hybridized carbons (Fsp3) is 0.375. The zero-order valence-electron chi connectivity index (χ0n) is 9.75. The summed E-state index contributed by atoms with van der Waals surface area (Å²) in [7, 11) is -2.96. The van der Waals surface area contributed by atoms with Gasteiger partial charge in [0.25, 0.3) is 15.7 Å². The van der Waals surface area contributed by atoms with Gasteiger partial charge < -0.3 is 4.74 Å². The molecule has 0 aliphatic rings. The summed E-state index contributed by atoms with van der Waals surface area (Å²) in [6.45, 7) is 1.28. The highest BCUT2D eigenvalue weighted by molar-refractivity contribution is 7.91. The van der Waals surface area contributed by atoms with E-state index in [1.54, 1.807) is 0 Å². The quantitative estimate of drug-likeness (QED) is 0.492. The lowest BCUT2D eigenvalue weighted by Gasteiger charge is -2.10. The Bertz CT molecular complexity index is 611. The minimum absolute atomic E-state index is 0.254. The number of nitrogens with zero attached hydrogens (tertiary/aromatic N) is 1. The number of thiophene rings is 1. The van der Waals surface area contributed by atoms with Crippen LogP contribution >= 0.6 is 22.9 Å². The molecule has 1 aromatic rings. The number of carbonyl (C=O) groups is 1. The second kappa shape index (κ2) is 5.82. The van der Waals surface area contributed by atoms with Crippen LogP contribution in [-0.4, -0.2) is 32.5 Å². The van der Waals surface area contributed by atoms with Gasteiger partial charge in [0.2, 0.25) is 0 Å². The summed E-state index contributed by atoms with van der Waals surface area (Å²) < 4.78 is 29.5. The number of ether oxygens (including phenoxy) is 1. The maximum absolute atomic E-state index is 11.9. The molecular weight excluding hydrogens is 320 g/mol. The summed E-state index contributed by atoms with van der Waals surface area (Å²) in [6.07, 6.45) is 0. The van der Waals surface area contributed by atoms with Crippen molar-refractivity contribution in [3.63, 3.8) is 0 Å². The van der Waals surface area contributed by atoms with Crippen molar-refractivity contribution < 1.29 is 22.9 Å². The van der Waals surface area contributed by atoms with E-state index in [-0.39, 0.29) is 8.55 Å². The van der Waals surface area contributed by atoms with Crippen molar-refractivity contribution >= 4 is 44.6 Å². The normalized spacial score (nSPS) is 13.0. The first-order valence-corrected chi connectivity index (χ1v) is 7.40. The van der Waals surface area contributed by atoms with E-state index in [9.17, 15) is 23.3 Å². The molecule has 0 aliphatic carbocycles. The highest BCUT2D eigenvalue weighted by atomic mass is 35.5. The predicted octanol–water partition coefficient (Wildman–Crippen LogP) is 1.15. The summed E-state index contributed by atoms with van der Waals surface area (Å²) in [5.41, 5.74) is -0.502. The van der Waals surface area contributed by atoms with E-state index < -0.39 is 32.6 Å². The van der Waals surface area contributed by atoms with Gasteiger partial charge in [-0.15, -0.1) is 11.3 Å². The van der Waals surface area contributed by atoms with Gasteiger partial charge in [-0.25, -0.2) is 8.42 Å². The Morgan fingerprint density at radius 3 is 2.63 bits per heavy atom. The monoisotopic (exact) mass is 328 g/mol. The average molecular weight is 329 g/mol. The first-order chi connectivity index (χ1) is 8.69. The molecule has 0 saturated carbocycles. The van der Waals surface area contributed by atoms with E-state index in [0.29, 0.717) is 11.3 Å². The fourth-order valence-corrected chi connectivity index (χ4v) is 3.98. The van der Waals surface area contributed by atoms with Crippen LogP contribution in [0.4, 0.5) is 5.69 Å². The molecule has 0 aromatic carbocycles. The first-order valence-electron chi connectivity index (χ1n) is 4.73. The molecule has 1 aromatic heterocycles. The van der Waals surface area contributed by atoms with Crippen LogP contribution in [0.2, 0.25) is 4.34 Å². The van der Waals surface area contributed by atoms with Crippen molar-refractivity contribution in [1.82, 2.24) is 4.72 Å². The molecule has 1 heterocycles. The van der Waals surface area contributed by atoms with Gasteiger partial charge in [0.1, 0.15) is 10.3 Å². The Morgan fingerprint density at radius 1 is 1.63 bits per heavy atom. The van der Waals surface area contributed by atoms with Gasteiger partial charge in [-0.2, -0.15) is 4.72 Å². The van der Waals surface area contributed by atoms with E-state index in [1.165, 1.54) is 6.92 Å². The number of hydrogen-bond acceptors (Lipinski definition) is 7. The third-order valence-corrected chi connectivity index (χ3v) is 5.35. The second-order valence-corrected chi connectivity index (χ2v) is 6.94. The van der Waals surface area contributed by atoms with Crippen LogP contribution in [0.1, 0.15) is 6.92 Å². The smallest absolute Gasteiger partial charge is 0.323 e. The molecule has 1 atom stereocenters. The van der Waals surface area contributed by atoms with Gasteiger partial charge in [-0.1, -0.05) is 11.6 Å². The minimum atomic E-state index is -4.07. The number of nitrogens with one attached hydrogen (secondary N) is 1. The zero-order chi connectivity index (χ0) is 14.8. The van der Waals surface area contributed by atoms with Gasteiger partial charge in [0, 0.05) is 6.07 Å². The third-order valence-electron chi connectivity index (χ3n) is 1.99. The van der Waals surface area contributed by atoms with Crippen molar-refractivity contribution in [2.75, 3.05) is 7.11 Å². The molecule has 0 fully saturated rings. The van der Waals surface area contributed by atoms with Crippen LogP contribution < -0.4 is 4.72 Å². The summed E-state index contributed by atoms with van der Waals surface area (Å²) in [4.78, 5) is 20.9. The standard InChI is InChI=1S/C8H9ClN2O6S2/c1-4(8(12)17-2)10-19(15,16)6-3-5(11(13)14)7(9)18-6/h3-4,10H,1-2H3. The topological polar surface area (TPSA) is 116 Å². The number of halogens is 1. The molecule has 19 heavy (non-hydrogen) atoms. The van der Waals surface area contributed by atoms with Gasteiger partial charge >= 0.3 is 5.97 Å². The average Bonchev–Trinajstić information content (AvgIpc) is 2.70. The maximum atomic E-state index is 11.9. The Morgan fingerprint density at radius 2 is 2.21 bits per heavy atom. The molecular formula is C8H9ClN2O6S2. The van der Waals surface area contributed by atoms with Gasteiger partial charge in [0.15, 0.2) is 4.34 Å². The number of rotatable bonds is 5. The molecule has 0 aliphatic heterocycles. The van der Waals surface area contributed by atoms with E-state index in [0.717, 1.165) is 13.2 Å². The van der Waals surface area contributed by atoms with Gasteiger partial charge in [-0.3, -0.25) is 14.9 Å². The molecule has 0 amide bonds. The van der Waals surface area contributed by atoms with Crippen molar-refractivity contribution in [1.29, 1.82) is 0 Å². The SMILES string of the molecule is COC(=O)C(C)NS(=O)(=O)c1cc([N+](=O)[O-])c(Cl)s1. The zero-order valence-corrected chi connectivity index (χ0v) is 12.1. The lowest BCUT2D eigenvalue weighted by molar-refractivity contribution is -0.384. The summed E-state index contributed by atoms with van der Waals surface area (Å²) >= 11 is 6.10. The highest BCUT2D eigenvalue weighted by Crippen LogP contribution is 2.36. The largest absolute Gasteiger partial charge is 0.468 e. The number of nitro groups is 1. The first kappa shape index (κ1) is 15.8. The molecule has 0 bridgehead atoms. The summed E-state index contributed by atoms with van der Waals surface area (Å²) in [5.74, 6) is -0.777. The van der Waals surface area contributed by atoms with Crippen molar-refractivity contribution in [3.8, 4) is 0 Å². The van der Waals surface area contributed by atoms with E-state index in [1.807, 2.05) is 4.72 Å². The summed E-state index contributed by atoms with van der Waals surface area (Å²) in [6, 6.07) is -0.283. The van der Waals surface area contributed by atoms with Crippen LogP contribution in [0.3, 0.4) is 0 Å². The Labute approximate surface area is 117 Å². The van der Waals surface area contributed by atoms with Crippen molar-refractivity contribution in [3.05, 3.63) is 20.5 Å². The fourth-order valence-electron chi connectivity index (χ4n) is 1.11. The molecule has 106 valence electrons. The van der Waals surface area contributed by atoms with Crippen molar-refractivity contribution in [2.45, 2.75) is 17.2 Å². The molecule has 8 nitrogen and oxygen atoms in total. The molecule has 1 N–H and O–H groups in total. The molecule has 11 heteroatoms. The third kappa shape index (κ3) is 3.62. The molecule has 0 spiro atoms. The van der Waals surface area contributed by atoms with Crippen LogP contribution in [-0.2, 0) is 19.6 Å². The van der Waals surface area contributed by atoms with Crippen LogP contribution in [0.25, 0.3) is 0 Å². The predicted molar refractivity (Wildman–Crippen MR) is 67.8 cm³/mol. The highest BCUT2D eigenvalue weighted by Gasteiger charge is 2.28. The Hall–Kier alpha value is -1.23. The van der Waals surface area contributed by atoms with Gasteiger partial charge in [-0.05, 0) is 6.92 Å². The molecule has 1 unspecified atom stereocenters. The number of hydrogen-bond donors (Lipinski definition) is 1. The molecule has 0 saturated heterocycles. The maximum Gasteiger partial charge on any atom is 0.323 e. The van der Waals surface area contributed by atoms with Crippen LogP contribution in [0.5, 0.6) is 0 Å². The number of methoxy groups -OCH3 is 1. The lowest BCUT2D eigenvalue weighted by atomic mass is 10.4. The lowest BCUT2D eigenvalue weighted by Crippen LogP contribution is -2.38. The second-order valence-electron chi connectivity index (χ2n) is 3.35. The van der Waals surface area contributed by atoms with Crippen LogP contribution in [0, 0.1) is 10.1 Å². The van der Waals surface area contributed by atoms with Crippen molar-refractivity contribution in [2.24, 2.45) is 0 Å². The number of carbonyl (C=O) groups excluding carboxylic acids is 1. The number of esters is 1. The van der Waals surface area contributed by atoms with Crippen LogP contribution in [0.15, 0.2) is 10.3 Å². The Balaban J connectivity index is 3.04. The van der Waals surface area contributed by atoms with Gasteiger partial charge in [0.05, 0.1) is 12.0 Å². The van der Waals surface area contributed by atoms with E-state index >= 15 is 0 Å². The molecule has 1 rings (SSSR count). The van der Waals surface area contributed by atoms with E-state index in [2.05, 4.69) is 4.74 Å². The number of sulfonamides is 1. The summed E-state index contributed by atoms with van der Waals surface area (Å²) in [5, 5.41) is 10.6. The van der Waals surface area contributed by atoms with E-state index in [4.69, 9.17) is 11.6 Å².